The first-order chi connectivity index (χ1) is 8.75. The molecule has 0 N–H and O–H groups in total. The molecular weight excluding hydrogens is 216 g/mol. The Morgan fingerprint density at radius 1 is 0.722 bits per heavy atom. The normalized spacial score (nSPS) is 14.2. The molecule has 3 rings (SSSR count). The zero-order chi connectivity index (χ0) is 12.5. The van der Waals surface area contributed by atoms with E-state index in [1.807, 2.05) is 0 Å². The van der Waals surface area contributed by atoms with Crippen LogP contribution in [-0.2, 0) is 0 Å². The zero-order valence-corrected chi connectivity index (χ0v) is 10.9. The number of rotatable bonds is 3. The molecule has 0 atom stereocenters. The fourth-order valence-electron chi connectivity index (χ4n) is 2.27. The molecule has 0 saturated carbocycles. The summed E-state index contributed by atoms with van der Waals surface area (Å²) in [7, 11) is 0. The molecule has 0 bridgehead atoms. The van der Waals surface area contributed by atoms with Crippen LogP contribution >= 0.6 is 0 Å². The molecule has 1 radical (unpaired) electrons. The van der Waals surface area contributed by atoms with Crippen molar-refractivity contribution in [1.82, 2.24) is 0 Å². The predicted molar refractivity (Wildman–Crippen MR) is 78.1 cm³/mol. The van der Waals surface area contributed by atoms with E-state index in [1.54, 1.807) is 0 Å². The minimum Gasteiger partial charge on any atom is -0.0622 e. The van der Waals surface area contributed by atoms with E-state index in [0.29, 0.717) is 5.92 Å². The van der Waals surface area contributed by atoms with Crippen molar-refractivity contribution in [1.29, 1.82) is 0 Å². The number of hydrogen-bond donors (Lipinski definition) is 0. The molecule has 0 heteroatoms. The molecule has 0 aromatic heterocycles. The van der Waals surface area contributed by atoms with Crippen LogP contribution in [0.5, 0.6) is 0 Å². The van der Waals surface area contributed by atoms with Gasteiger partial charge in [0.05, 0.1) is 0 Å². The Bertz CT molecular complexity index is 588. The molecule has 0 saturated heterocycles. The van der Waals surface area contributed by atoms with Gasteiger partial charge in [0, 0.05) is 6.42 Å². The highest BCUT2D eigenvalue weighted by atomic mass is 14.3. The van der Waals surface area contributed by atoms with Crippen LogP contribution in [0.4, 0.5) is 0 Å². The van der Waals surface area contributed by atoms with Gasteiger partial charge in [-0.2, -0.15) is 0 Å². The topological polar surface area (TPSA) is 0 Å². The predicted octanol–water partition coefficient (Wildman–Crippen LogP) is 4.94. The van der Waals surface area contributed by atoms with Crippen LogP contribution in [0.2, 0.25) is 0 Å². The van der Waals surface area contributed by atoms with Gasteiger partial charge in [0.2, 0.25) is 0 Å². The first-order valence-electron chi connectivity index (χ1n) is 6.50. The summed E-state index contributed by atoms with van der Waals surface area (Å²) >= 11 is 0. The molecule has 18 heavy (non-hydrogen) atoms. The lowest BCUT2D eigenvalue weighted by atomic mass is 10.00. The lowest BCUT2D eigenvalue weighted by molar-refractivity contribution is 0.866. The molecule has 0 amide bonds. The first kappa shape index (κ1) is 11.3. The Balaban J connectivity index is 1.94. The Hall–Kier alpha value is -1.82. The van der Waals surface area contributed by atoms with Crippen LogP contribution in [0.25, 0.3) is 11.1 Å². The van der Waals surface area contributed by atoms with Crippen LogP contribution in [-0.4, -0.2) is 0 Å². The Morgan fingerprint density at radius 3 is 2.11 bits per heavy atom. The standard InChI is InChI=1S/C18H17/c1-13(2)15-9-6-10-16(11-15)18-12-17(18)14-7-4-3-5-8-14/h3-13H,1-2H3. The van der Waals surface area contributed by atoms with Gasteiger partial charge in [-0.15, -0.1) is 0 Å². The maximum Gasteiger partial charge on any atom is 0.0218 e. The summed E-state index contributed by atoms with van der Waals surface area (Å²) < 4.78 is 0. The van der Waals surface area contributed by atoms with Crippen molar-refractivity contribution >= 4 is 11.1 Å². The van der Waals surface area contributed by atoms with Gasteiger partial charge in [-0.1, -0.05) is 68.4 Å². The second-order valence-corrected chi connectivity index (χ2v) is 5.12. The maximum atomic E-state index is 2.31. The lowest BCUT2D eigenvalue weighted by Gasteiger charge is -2.05. The number of hydrogen-bond acceptors (Lipinski definition) is 0. The largest absolute Gasteiger partial charge is 0.0622 e. The van der Waals surface area contributed by atoms with Gasteiger partial charge < -0.3 is 0 Å². The number of allylic oxidation sites excluding steroid dienone is 2. The van der Waals surface area contributed by atoms with Gasteiger partial charge in [0.1, 0.15) is 0 Å². The van der Waals surface area contributed by atoms with E-state index in [-0.39, 0.29) is 0 Å². The van der Waals surface area contributed by atoms with Gasteiger partial charge in [-0.3, -0.25) is 0 Å². The van der Waals surface area contributed by atoms with Crippen molar-refractivity contribution in [3.8, 4) is 0 Å². The molecular formula is C18H17. The van der Waals surface area contributed by atoms with E-state index in [1.165, 1.54) is 27.8 Å². The second-order valence-electron chi connectivity index (χ2n) is 5.12. The first-order valence-corrected chi connectivity index (χ1v) is 6.50. The van der Waals surface area contributed by atoms with Crippen molar-refractivity contribution in [2.75, 3.05) is 0 Å². The summed E-state index contributed by atoms with van der Waals surface area (Å²) in [6.07, 6.45) is 2.27. The highest BCUT2D eigenvalue weighted by Crippen LogP contribution is 2.45. The molecule has 0 aliphatic heterocycles. The Morgan fingerprint density at radius 2 is 1.39 bits per heavy atom. The summed E-state index contributed by atoms with van der Waals surface area (Å²) in [4.78, 5) is 0. The van der Waals surface area contributed by atoms with Gasteiger partial charge >= 0.3 is 0 Å². The molecule has 1 aliphatic carbocycles. The minimum atomic E-state index is 0.587. The van der Waals surface area contributed by atoms with E-state index in [4.69, 9.17) is 0 Å². The van der Waals surface area contributed by atoms with E-state index >= 15 is 0 Å². The van der Waals surface area contributed by atoms with Crippen LogP contribution in [0, 0.1) is 6.42 Å². The Kier molecular flexibility index (Phi) is 2.79. The van der Waals surface area contributed by atoms with Gasteiger partial charge in [-0.25, -0.2) is 0 Å². The van der Waals surface area contributed by atoms with Gasteiger partial charge in [0.15, 0.2) is 0 Å². The van der Waals surface area contributed by atoms with E-state index in [0.717, 1.165) is 0 Å². The summed E-state index contributed by atoms with van der Waals surface area (Å²) in [6, 6.07) is 19.5. The molecule has 0 fully saturated rings. The van der Waals surface area contributed by atoms with Gasteiger partial charge in [-0.05, 0) is 33.8 Å². The maximum absolute atomic E-state index is 2.31. The van der Waals surface area contributed by atoms with Crippen LogP contribution < -0.4 is 0 Å². The summed E-state index contributed by atoms with van der Waals surface area (Å²) in [5, 5.41) is 0. The molecule has 0 unspecified atom stereocenters. The molecule has 2 aromatic rings. The molecule has 89 valence electrons. The average molecular weight is 233 g/mol. The highest BCUT2D eigenvalue weighted by Gasteiger charge is 2.24. The van der Waals surface area contributed by atoms with Crippen molar-refractivity contribution < 1.29 is 0 Å². The monoisotopic (exact) mass is 233 g/mol. The van der Waals surface area contributed by atoms with E-state index in [2.05, 4.69) is 74.9 Å². The third-order valence-electron chi connectivity index (χ3n) is 3.44. The third-order valence-corrected chi connectivity index (χ3v) is 3.44. The van der Waals surface area contributed by atoms with Crippen molar-refractivity contribution in [3.05, 3.63) is 77.7 Å². The SMILES string of the molecule is CC(C)c1cccc(C2=C(c3ccccc3)[CH]2)c1. The summed E-state index contributed by atoms with van der Waals surface area (Å²) in [5.74, 6) is 0.587. The van der Waals surface area contributed by atoms with E-state index in [9.17, 15) is 0 Å². The van der Waals surface area contributed by atoms with E-state index < -0.39 is 0 Å². The molecule has 0 nitrogen and oxygen atoms in total. The Labute approximate surface area is 109 Å². The fraction of sp³-hybridized carbons (Fsp3) is 0.167. The fourth-order valence-corrected chi connectivity index (χ4v) is 2.27. The minimum absolute atomic E-state index is 0.587. The quantitative estimate of drug-likeness (QED) is 0.704. The van der Waals surface area contributed by atoms with Crippen molar-refractivity contribution in [3.63, 3.8) is 0 Å². The smallest absolute Gasteiger partial charge is 0.0218 e. The molecule has 0 spiro atoms. The lowest BCUT2D eigenvalue weighted by Crippen LogP contribution is -1.87. The number of benzene rings is 2. The molecule has 1 aliphatic rings. The van der Waals surface area contributed by atoms with Gasteiger partial charge in [0.25, 0.3) is 0 Å². The van der Waals surface area contributed by atoms with Crippen molar-refractivity contribution in [2.45, 2.75) is 19.8 Å². The van der Waals surface area contributed by atoms with Crippen LogP contribution in [0.15, 0.2) is 54.6 Å². The van der Waals surface area contributed by atoms with Crippen LogP contribution in [0.3, 0.4) is 0 Å². The van der Waals surface area contributed by atoms with Crippen LogP contribution in [0.1, 0.15) is 36.5 Å². The highest BCUT2D eigenvalue weighted by molar-refractivity contribution is 6.17. The second kappa shape index (κ2) is 4.45. The summed E-state index contributed by atoms with van der Waals surface area (Å²) in [6.45, 7) is 4.48. The summed E-state index contributed by atoms with van der Waals surface area (Å²) in [5.41, 5.74) is 6.86. The molecule has 0 heterocycles. The third kappa shape index (κ3) is 2.11. The zero-order valence-electron chi connectivity index (χ0n) is 10.9. The average Bonchev–Trinajstić information content (AvgIpc) is 3.20. The molecule has 2 aromatic carbocycles. The van der Waals surface area contributed by atoms with Crippen molar-refractivity contribution in [2.24, 2.45) is 0 Å².